The third kappa shape index (κ3) is 4.04. The first-order valence-electron chi connectivity index (χ1n) is 5.38. The van der Waals surface area contributed by atoms with Gasteiger partial charge in [-0.3, -0.25) is 4.79 Å². The summed E-state index contributed by atoms with van der Waals surface area (Å²) in [4.78, 5) is 13.8. The molecule has 3 nitrogen and oxygen atoms in total. The lowest BCUT2D eigenvalue weighted by Crippen LogP contribution is -2.52. The summed E-state index contributed by atoms with van der Waals surface area (Å²) in [6.07, 6.45) is 1.73. The highest BCUT2D eigenvalue weighted by Crippen LogP contribution is 2.19. The number of amides is 1. The number of hydrogen-bond donors (Lipinski definition) is 1. The molecule has 0 saturated heterocycles. The molecule has 0 spiro atoms. The zero-order valence-electron chi connectivity index (χ0n) is 10.6. The van der Waals surface area contributed by atoms with E-state index in [0.717, 1.165) is 0 Å². The average Bonchev–Trinajstić information content (AvgIpc) is 2.09. The van der Waals surface area contributed by atoms with Gasteiger partial charge in [0, 0.05) is 12.6 Å². The van der Waals surface area contributed by atoms with Gasteiger partial charge in [-0.25, -0.2) is 0 Å². The summed E-state index contributed by atoms with van der Waals surface area (Å²) in [7, 11) is 0. The van der Waals surface area contributed by atoms with Crippen molar-refractivity contribution in [1.82, 2.24) is 4.90 Å². The molecule has 0 radical (unpaired) electrons. The van der Waals surface area contributed by atoms with E-state index in [0.29, 0.717) is 6.54 Å². The van der Waals surface area contributed by atoms with E-state index in [4.69, 9.17) is 5.73 Å². The normalized spacial score (nSPS) is 13.8. The van der Waals surface area contributed by atoms with E-state index >= 15 is 0 Å². The highest BCUT2D eigenvalue weighted by atomic mass is 16.2. The molecular formula is C12H24N2O. The van der Waals surface area contributed by atoms with Gasteiger partial charge in [0.05, 0.1) is 6.04 Å². The van der Waals surface area contributed by atoms with Crippen LogP contribution in [0.1, 0.15) is 34.6 Å². The maximum atomic E-state index is 12.1. The Bertz CT molecular complexity index is 228. The average molecular weight is 212 g/mol. The SMILES string of the molecule is C=CCN(C(=O)C(N)C(C)(C)C)C(C)C. The van der Waals surface area contributed by atoms with Crippen molar-refractivity contribution in [1.29, 1.82) is 0 Å². The standard InChI is InChI=1S/C12H24N2O/c1-7-8-14(9(2)3)11(15)10(13)12(4,5)6/h7,9-10H,1,8,13H2,2-6H3. The van der Waals surface area contributed by atoms with Gasteiger partial charge in [0.1, 0.15) is 0 Å². The molecule has 0 rings (SSSR count). The highest BCUT2D eigenvalue weighted by Gasteiger charge is 2.31. The molecule has 15 heavy (non-hydrogen) atoms. The lowest BCUT2D eigenvalue weighted by molar-refractivity contribution is -0.136. The van der Waals surface area contributed by atoms with Gasteiger partial charge in [-0.05, 0) is 19.3 Å². The maximum absolute atomic E-state index is 12.1. The third-order valence-electron chi connectivity index (χ3n) is 2.43. The van der Waals surface area contributed by atoms with E-state index in [1.165, 1.54) is 0 Å². The monoisotopic (exact) mass is 212 g/mol. The van der Waals surface area contributed by atoms with Gasteiger partial charge in [-0.1, -0.05) is 26.8 Å². The van der Waals surface area contributed by atoms with Crippen molar-refractivity contribution in [3.8, 4) is 0 Å². The van der Waals surface area contributed by atoms with Gasteiger partial charge >= 0.3 is 0 Å². The summed E-state index contributed by atoms with van der Waals surface area (Å²) in [5.74, 6) is -0.00241. The summed E-state index contributed by atoms with van der Waals surface area (Å²) in [5, 5.41) is 0. The molecule has 0 bridgehead atoms. The Hall–Kier alpha value is -0.830. The van der Waals surface area contributed by atoms with E-state index in [1.54, 1.807) is 11.0 Å². The van der Waals surface area contributed by atoms with E-state index < -0.39 is 6.04 Å². The quantitative estimate of drug-likeness (QED) is 0.722. The minimum atomic E-state index is -0.458. The molecule has 3 heteroatoms. The molecule has 0 aromatic heterocycles. The molecule has 0 fully saturated rings. The van der Waals surface area contributed by atoms with Crippen molar-refractivity contribution in [3.05, 3.63) is 12.7 Å². The maximum Gasteiger partial charge on any atom is 0.240 e. The van der Waals surface area contributed by atoms with Crippen LogP contribution in [-0.4, -0.2) is 29.4 Å². The Balaban J connectivity index is 4.71. The highest BCUT2D eigenvalue weighted by molar-refractivity contribution is 5.82. The predicted octanol–water partition coefficient (Wildman–Crippen LogP) is 1.78. The smallest absolute Gasteiger partial charge is 0.240 e. The van der Waals surface area contributed by atoms with Crippen LogP contribution in [0.2, 0.25) is 0 Å². The van der Waals surface area contributed by atoms with Crippen LogP contribution in [-0.2, 0) is 4.79 Å². The molecule has 2 N–H and O–H groups in total. The van der Waals surface area contributed by atoms with Crippen LogP contribution in [0, 0.1) is 5.41 Å². The lowest BCUT2D eigenvalue weighted by Gasteiger charge is -2.33. The molecule has 0 aliphatic rings. The van der Waals surface area contributed by atoms with Crippen molar-refractivity contribution in [2.75, 3.05) is 6.54 Å². The molecule has 88 valence electrons. The molecule has 1 atom stereocenters. The number of nitrogens with zero attached hydrogens (tertiary/aromatic N) is 1. The van der Waals surface area contributed by atoms with Crippen molar-refractivity contribution < 1.29 is 4.79 Å². The second-order valence-corrected chi connectivity index (χ2v) is 5.22. The van der Waals surface area contributed by atoms with Crippen LogP contribution < -0.4 is 5.73 Å². The van der Waals surface area contributed by atoms with Crippen molar-refractivity contribution in [3.63, 3.8) is 0 Å². The number of hydrogen-bond acceptors (Lipinski definition) is 2. The fourth-order valence-corrected chi connectivity index (χ4v) is 1.24. The Kier molecular flexibility index (Phi) is 5.01. The zero-order valence-corrected chi connectivity index (χ0v) is 10.6. The topological polar surface area (TPSA) is 46.3 Å². The van der Waals surface area contributed by atoms with E-state index in [-0.39, 0.29) is 17.4 Å². The first kappa shape index (κ1) is 14.2. The number of carbonyl (C=O) groups excluding carboxylic acids is 1. The summed E-state index contributed by atoms with van der Waals surface area (Å²) in [6.45, 7) is 14.1. The minimum Gasteiger partial charge on any atom is -0.335 e. The van der Waals surface area contributed by atoms with Gasteiger partial charge in [-0.2, -0.15) is 0 Å². The van der Waals surface area contributed by atoms with Gasteiger partial charge in [-0.15, -0.1) is 6.58 Å². The van der Waals surface area contributed by atoms with Crippen LogP contribution in [0.5, 0.6) is 0 Å². The minimum absolute atomic E-state index is 0.00241. The molecular weight excluding hydrogens is 188 g/mol. The summed E-state index contributed by atoms with van der Waals surface area (Å²) < 4.78 is 0. The van der Waals surface area contributed by atoms with Gasteiger partial charge < -0.3 is 10.6 Å². The van der Waals surface area contributed by atoms with Crippen molar-refractivity contribution >= 4 is 5.91 Å². The molecule has 0 aliphatic heterocycles. The van der Waals surface area contributed by atoms with Gasteiger partial charge in [0.25, 0.3) is 0 Å². The second-order valence-electron chi connectivity index (χ2n) is 5.22. The Morgan fingerprint density at radius 3 is 2.20 bits per heavy atom. The fourth-order valence-electron chi connectivity index (χ4n) is 1.24. The predicted molar refractivity (Wildman–Crippen MR) is 64.5 cm³/mol. The van der Waals surface area contributed by atoms with E-state index in [2.05, 4.69) is 6.58 Å². The fraction of sp³-hybridized carbons (Fsp3) is 0.750. The molecule has 0 saturated carbocycles. The van der Waals surface area contributed by atoms with Gasteiger partial charge in [0.15, 0.2) is 0 Å². The summed E-state index contributed by atoms with van der Waals surface area (Å²) >= 11 is 0. The molecule has 0 aromatic rings. The Morgan fingerprint density at radius 1 is 1.47 bits per heavy atom. The van der Waals surface area contributed by atoms with Crippen LogP contribution in [0.4, 0.5) is 0 Å². The molecule has 0 heterocycles. The number of rotatable bonds is 4. The first-order chi connectivity index (χ1) is 6.71. The van der Waals surface area contributed by atoms with Crippen molar-refractivity contribution in [2.45, 2.75) is 46.7 Å². The van der Waals surface area contributed by atoms with Crippen LogP contribution in [0.25, 0.3) is 0 Å². The van der Waals surface area contributed by atoms with Crippen LogP contribution >= 0.6 is 0 Å². The largest absolute Gasteiger partial charge is 0.335 e. The molecule has 0 aliphatic carbocycles. The van der Waals surface area contributed by atoms with Gasteiger partial charge in [0.2, 0.25) is 5.91 Å². The summed E-state index contributed by atoms with van der Waals surface area (Å²) in [6, 6.07) is -0.302. The third-order valence-corrected chi connectivity index (χ3v) is 2.43. The molecule has 1 amide bonds. The molecule has 1 unspecified atom stereocenters. The second kappa shape index (κ2) is 5.31. The Morgan fingerprint density at radius 2 is 1.93 bits per heavy atom. The van der Waals surface area contributed by atoms with E-state index in [9.17, 15) is 4.79 Å². The lowest BCUT2D eigenvalue weighted by atomic mass is 9.86. The summed E-state index contributed by atoms with van der Waals surface area (Å²) in [5.41, 5.74) is 5.73. The van der Waals surface area contributed by atoms with E-state index in [1.807, 2.05) is 34.6 Å². The number of nitrogens with two attached hydrogens (primary N) is 1. The Labute approximate surface area is 93.3 Å². The first-order valence-corrected chi connectivity index (χ1v) is 5.38. The van der Waals surface area contributed by atoms with Crippen LogP contribution in [0.15, 0.2) is 12.7 Å². The number of carbonyl (C=O) groups is 1. The molecule has 0 aromatic carbocycles. The van der Waals surface area contributed by atoms with Crippen LogP contribution in [0.3, 0.4) is 0 Å². The zero-order chi connectivity index (χ0) is 12.2. The van der Waals surface area contributed by atoms with Crippen molar-refractivity contribution in [2.24, 2.45) is 11.1 Å².